The lowest BCUT2D eigenvalue weighted by Gasteiger charge is -2.45. The van der Waals surface area contributed by atoms with Crippen molar-refractivity contribution in [2.45, 2.75) is 91.9 Å². The van der Waals surface area contributed by atoms with E-state index in [1.54, 1.807) is 18.2 Å². The van der Waals surface area contributed by atoms with Crippen molar-refractivity contribution in [2.24, 2.45) is 4.99 Å². The average molecular weight is 466 g/mol. The quantitative estimate of drug-likeness (QED) is 0.301. The summed E-state index contributed by atoms with van der Waals surface area (Å²) < 4.78 is 80.9. The van der Waals surface area contributed by atoms with E-state index >= 15 is 0 Å². The molecular formula is C23H33F6N3. The van der Waals surface area contributed by atoms with E-state index in [-0.39, 0.29) is 41.2 Å². The SMILES string of the molecule is CC(C)N(C(=C(N=C(C(F)(F)F)C(F)(F)F)c1ccccc1)N(C(C)C)C(C)C)C(C)C. The van der Waals surface area contributed by atoms with E-state index in [1.807, 2.05) is 65.2 Å². The summed E-state index contributed by atoms with van der Waals surface area (Å²) >= 11 is 0. The third-order valence-corrected chi connectivity index (χ3v) is 4.73. The van der Waals surface area contributed by atoms with Gasteiger partial charge in [-0.25, -0.2) is 4.99 Å². The fraction of sp³-hybridized carbons (Fsp3) is 0.609. The van der Waals surface area contributed by atoms with Crippen LogP contribution in [0.5, 0.6) is 0 Å². The van der Waals surface area contributed by atoms with Gasteiger partial charge in [-0.3, -0.25) is 0 Å². The van der Waals surface area contributed by atoms with Gasteiger partial charge in [-0.05, 0) is 55.4 Å². The van der Waals surface area contributed by atoms with Crippen LogP contribution in [0.2, 0.25) is 0 Å². The van der Waals surface area contributed by atoms with E-state index in [0.29, 0.717) is 0 Å². The minimum Gasteiger partial charge on any atom is -0.352 e. The van der Waals surface area contributed by atoms with Crippen LogP contribution in [-0.2, 0) is 0 Å². The summed E-state index contributed by atoms with van der Waals surface area (Å²) in [4.78, 5) is 6.95. The van der Waals surface area contributed by atoms with Crippen LogP contribution in [0.15, 0.2) is 41.1 Å². The van der Waals surface area contributed by atoms with Gasteiger partial charge in [0, 0.05) is 29.7 Å². The Kier molecular flexibility index (Phi) is 9.24. The predicted molar refractivity (Wildman–Crippen MR) is 117 cm³/mol. The highest BCUT2D eigenvalue weighted by molar-refractivity contribution is 5.98. The lowest BCUT2D eigenvalue weighted by atomic mass is 10.1. The van der Waals surface area contributed by atoms with Crippen molar-refractivity contribution < 1.29 is 26.3 Å². The van der Waals surface area contributed by atoms with Crippen LogP contribution in [-0.4, -0.2) is 52.0 Å². The van der Waals surface area contributed by atoms with Gasteiger partial charge >= 0.3 is 12.4 Å². The van der Waals surface area contributed by atoms with E-state index in [1.165, 1.54) is 12.1 Å². The second kappa shape index (κ2) is 10.6. The molecule has 182 valence electrons. The maximum atomic E-state index is 13.5. The molecule has 0 unspecified atom stereocenters. The van der Waals surface area contributed by atoms with E-state index < -0.39 is 18.1 Å². The number of hydrogen-bond donors (Lipinski definition) is 0. The first-order valence-corrected chi connectivity index (χ1v) is 10.6. The number of alkyl halides is 6. The molecule has 32 heavy (non-hydrogen) atoms. The van der Waals surface area contributed by atoms with E-state index in [2.05, 4.69) is 4.99 Å². The van der Waals surface area contributed by atoms with E-state index in [9.17, 15) is 26.3 Å². The van der Waals surface area contributed by atoms with Crippen molar-refractivity contribution in [3.05, 3.63) is 41.7 Å². The second-order valence-electron chi connectivity index (χ2n) is 8.68. The summed E-state index contributed by atoms with van der Waals surface area (Å²) in [6.45, 7) is 14.8. The molecule has 0 heterocycles. The molecule has 0 amide bonds. The van der Waals surface area contributed by atoms with Gasteiger partial charge in [0.1, 0.15) is 11.5 Å². The maximum absolute atomic E-state index is 13.5. The van der Waals surface area contributed by atoms with Gasteiger partial charge in [0.25, 0.3) is 0 Å². The predicted octanol–water partition coefficient (Wildman–Crippen LogP) is 7.12. The molecule has 1 aromatic rings. The Labute approximate surface area is 186 Å². The average Bonchev–Trinajstić information content (AvgIpc) is 2.59. The zero-order chi connectivity index (χ0) is 25.0. The van der Waals surface area contributed by atoms with Crippen molar-refractivity contribution in [3.63, 3.8) is 0 Å². The molecule has 0 spiro atoms. The molecule has 0 aliphatic carbocycles. The third kappa shape index (κ3) is 6.90. The molecule has 0 aliphatic heterocycles. The van der Waals surface area contributed by atoms with Crippen LogP contribution in [0.3, 0.4) is 0 Å². The molecule has 0 bridgehead atoms. The Morgan fingerprint density at radius 1 is 0.656 bits per heavy atom. The van der Waals surface area contributed by atoms with Gasteiger partial charge in [0.2, 0.25) is 5.71 Å². The van der Waals surface area contributed by atoms with Crippen molar-refractivity contribution in [2.75, 3.05) is 0 Å². The number of rotatable bonds is 8. The molecule has 0 aliphatic rings. The molecule has 0 N–H and O–H groups in total. The summed E-state index contributed by atoms with van der Waals surface area (Å²) in [5.41, 5.74) is -2.97. The smallest absolute Gasteiger partial charge is 0.352 e. The molecule has 0 saturated heterocycles. The Bertz CT molecular complexity index is 736. The molecule has 0 atom stereocenters. The minimum absolute atomic E-state index is 0.172. The topological polar surface area (TPSA) is 18.8 Å². The molecule has 0 fully saturated rings. The van der Waals surface area contributed by atoms with E-state index in [4.69, 9.17) is 0 Å². The molecule has 9 heteroatoms. The first-order chi connectivity index (χ1) is 14.5. The molecule has 0 saturated carbocycles. The van der Waals surface area contributed by atoms with Gasteiger partial charge in [0.05, 0.1) is 0 Å². The molecule has 1 aromatic carbocycles. The second-order valence-corrected chi connectivity index (χ2v) is 8.68. The largest absolute Gasteiger partial charge is 0.438 e. The summed E-state index contributed by atoms with van der Waals surface area (Å²) in [7, 11) is 0. The molecule has 0 aromatic heterocycles. The zero-order valence-electron chi connectivity index (χ0n) is 19.8. The van der Waals surface area contributed by atoms with Gasteiger partial charge in [-0.1, -0.05) is 30.3 Å². The van der Waals surface area contributed by atoms with Crippen LogP contribution >= 0.6 is 0 Å². The van der Waals surface area contributed by atoms with Crippen LogP contribution in [0.4, 0.5) is 26.3 Å². The normalized spacial score (nSPS) is 12.6. The molecule has 0 radical (unpaired) electrons. The van der Waals surface area contributed by atoms with Crippen LogP contribution in [0, 0.1) is 0 Å². The van der Waals surface area contributed by atoms with Crippen LogP contribution in [0.25, 0.3) is 5.70 Å². The highest BCUT2D eigenvalue weighted by atomic mass is 19.4. The first-order valence-electron chi connectivity index (χ1n) is 10.6. The number of halogens is 6. The Balaban J connectivity index is 4.27. The fourth-order valence-corrected chi connectivity index (χ4v) is 3.79. The summed E-state index contributed by atoms with van der Waals surface area (Å²) in [5, 5.41) is 0. The van der Waals surface area contributed by atoms with Gasteiger partial charge in [-0.2, -0.15) is 26.3 Å². The van der Waals surface area contributed by atoms with Gasteiger partial charge in [-0.15, -0.1) is 0 Å². The highest BCUT2D eigenvalue weighted by Crippen LogP contribution is 2.36. The standard InChI is InChI=1S/C23H33F6N3/c1-14(2)31(15(3)4)20(32(16(5)6)17(7)8)19(18-12-10-9-11-13-18)30-21(22(24,25)26)23(27,28)29/h9-17H,1-8H3. The third-order valence-electron chi connectivity index (χ3n) is 4.73. The molecule has 1 rings (SSSR count). The Hall–Kier alpha value is -2.19. The highest BCUT2D eigenvalue weighted by Gasteiger charge is 2.53. The Morgan fingerprint density at radius 2 is 1.00 bits per heavy atom. The number of nitrogens with zero attached hydrogens (tertiary/aromatic N) is 3. The van der Waals surface area contributed by atoms with Crippen LogP contribution < -0.4 is 0 Å². The zero-order valence-corrected chi connectivity index (χ0v) is 19.8. The maximum Gasteiger partial charge on any atom is 0.438 e. The monoisotopic (exact) mass is 465 g/mol. The lowest BCUT2D eigenvalue weighted by molar-refractivity contribution is -0.117. The van der Waals surface area contributed by atoms with Crippen molar-refractivity contribution >= 4 is 11.4 Å². The van der Waals surface area contributed by atoms with Gasteiger partial charge < -0.3 is 9.80 Å². The first kappa shape index (κ1) is 27.8. The van der Waals surface area contributed by atoms with Crippen molar-refractivity contribution in [3.8, 4) is 0 Å². The molecule has 3 nitrogen and oxygen atoms in total. The van der Waals surface area contributed by atoms with Crippen LogP contribution in [0.1, 0.15) is 61.0 Å². The lowest BCUT2D eigenvalue weighted by Crippen LogP contribution is -2.48. The van der Waals surface area contributed by atoms with Gasteiger partial charge in [0.15, 0.2) is 0 Å². The van der Waals surface area contributed by atoms with Crippen molar-refractivity contribution in [1.29, 1.82) is 0 Å². The minimum atomic E-state index is -5.66. The summed E-state index contributed by atoms with van der Waals surface area (Å²) in [6.07, 6.45) is -11.3. The fourth-order valence-electron chi connectivity index (χ4n) is 3.79. The van der Waals surface area contributed by atoms with E-state index in [0.717, 1.165) is 0 Å². The summed E-state index contributed by atoms with van der Waals surface area (Å²) in [6, 6.07) is 6.88. The number of hydrogen-bond acceptors (Lipinski definition) is 3. The molecular weight excluding hydrogens is 432 g/mol. The number of aliphatic imine (C=N–C) groups is 1. The Morgan fingerprint density at radius 3 is 1.28 bits per heavy atom. The summed E-state index contributed by atoms with van der Waals surface area (Å²) in [5.74, 6) is 0.234. The van der Waals surface area contributed by atoms with Crippen molar-refractivity contribution in [1.82, 2.24) is 9.80 Å². The number of benzene rings is 1.